The zero-order chi connectivity index (χ0) is 21.0. The van der Waals surface area contributed by atoms with Gasteiger partial charge in [-0.3, -0.25) is 0 Å². The Balaban J connectivity index is 1.59. The molecule has 0 amide bonds. The van der Waals surface area contributed by atoms with Gasteiger partial charge in [0.1, 0.15) is 11.6 Å². The highest BCUT2D eigenvalue weighted by atomic mass is 19.4. The quantitative estimate of drug-likeness (QED) is 0.345. The summed E-state index contributed by atoms with van der Waals surface area (Å²) < 4.78 is 65.4. The lowest BCUT2D eigenvalue weighted by atomic mass is 9.68. The Hall–Kier alpha value is -1.65. The van der Waals surface area contributed by atoms with Gasteiger partial charge in [-0.25, -0.2) is 8.78 Å². The number of hydrogen-bond donors (Lipinski definition) is 0. The Bertz CT molecular complexity index is 707. The maximum Gasteiger partial charge on any atom is 0.409 e. The van der Waals surface area contributed by atoms with E-state index >= 15 is 0 Å². The highest BCUT2D eigenvalue weighted by molar-refractivity contribution is 5.52. The van der Waals surface area contributed by atoms with E-state index in [0.29, 0.717) is 23.5 Å². The molecule has 2 fully saturated rings. The lowest BCUT2D eigenvalue weighted by Crippen LogP contribution is -2.25. The molecule has 0 unspecified atom stereocenters. The van der Waals surface area contributed by atoms with Crippen LogP contribution in [0, 0.1) is 29.4 Å². The molecule has 0 nitrogen and oxygen atoms in total. The van der Waals surface area contributed by atoms with E-state index in [4.69, 9.17) is 0 Å². The van der Waals surface area contributed by atoms with Crippen molar-refractivity contribution < 1.29 is 22.0 Å². The second kappa shape index (κ2) is 9.44. The first-order valence-corrected chi connectivity index (χ1v) is 10.6. The minimum Gasteiger partial charge on any atom is -0.206 e. The van der Waals surface area contributed by atoms with Gasteiger partial charge in [-0.2, -0.15) is 13.2 Å². The predicted molar refractivity (Wildman–Crippen MR) is 106 cm³/mol. The van der Waals surface area contributed by atoms with Crippen molar-refractivity contribution in [3.8, 4) is 0 Å². The summed E-state index contributed by atoms with van der Waals surface area (Å²) in [7, 11) is 0. The largest absolute Gasteiger partial charge is 0.409 e. The van der Waals surface area contributed by atoms with Crippen molar-refractivity contribution in [3.63, 3.8) is 0 Å². The summed E-state index contributed by atoms with van der Waals surface area (Å²) in [6.07, 6.45) is 9.08. The molecule has 5 heteroatoms. The van der Waals surface area contributed by atoms with Crippen molar-refractivity contribution in [2.24, 2.45) is 17.8 Å². The number of hydrogen-bond acceptors (Lipinski definition) is 0. The molecule has 0 radical (unpaired) electrons. The van der Waals surface area contributed by atoms with Gasteiger partial charge in [-0.05, 0) is 106 Å². The van der Waals surface area contributed by atoms with Crippen LogP contribution in [-0.2, 0) is 0 Å². The van der Waals surface area contributed by atoms with E-state index in [-0.39, 0.29) is 12.0 Å². The first-order chi connectivity index (χ1) is 13.8. The number of allylic oxidation sites excluding steroid dienone is 3. The van der Waals surface area contributed by atoms with E-state index in [1.165, 1.54) is 37.8 Å². The maximum absolute atomic E-state index is 14.2. The Kier molecular flexibility index (Phi) is 7.18. The Labute approximate surface area is 169 Å². The second-order valence-electron chi connectivity index (χ2n) is 8.59. The molecule has 0 aliphatic heterocycles. The SMILES string of the molecule is C/C=C/C1CCC(C2CCC(c3cc(F)c(/C=C/C(F)(F)F)c(F)c3)CC2)CC1. The number of alkyl halides is 3. The van der Waals surface area contributed by atoms with E-state index < -0.39 is 23.4 Å². The minimum atomic E-state index is -4.60. The van der Waals surface area contributed by atoms with E-state index in [1.54, 1.807) is 0 Å². The molecule has 3 rings (SSSR count). The zero-order valence-corrected chi connectivity index (χ0v) is 16.8. The number of benzene rings is 1. The van der Waals surface area contributed by atoms with Crippen LogP contribution < -0.4 is 0 Å². The Morgan fingerprint density at radius 1 is 0.828 bits per heavy atom. The van der Waals surface area contributed by atoms with Crippen LogP contribution in [-0.4, -0.2) is 6.18 Å². The molecule has 0 atom stereocenters. The summed E-state index contributed by atoms with van der Waals surface area (Å²) in [5.41, 5.74) is -0.0583. The van der Waals surface area contributed by atoms with Gasteiger partial charge in [0, 0.05) is 11.6 Å². The van der Waals surface area contributed by atoms with E-state index in [2.05, 4.69) is 19.1 Å². The monoisotopic (exact) mass is 412 g/mol. The molecule has 2 aliphatic rings. The molecule has 0 aromatic heterocycles. The molecule has 0 saturated heterocycles. The summed E-state index contributed by atoms with van der Waals surface area (Å²) in [5, 5.41) is 0. The fourth-order valence-electron chi connectivity index (χ4n) is 5.18. The number of rotatable bonds is 4. The third-order valence-corrected chi connectivity index (χ3v) is 6.73. The molecule has 0 N–H and O–H groups in total. The van der Waals surface area contributed by atoms with Gasteiger partial charge in [-0.1, -0.05) is 12.2 Å². The average Bonchev–Trinajstić information content (AvgIpc) is 2.67. The highest BCUT2D eigenvalue weighted by Crippen LogP contribution is 2.44. The van der Waals surface area contributed by atoms with E-state index in [1.807, 2.05) is 0 Å². The van der Waals surface area contributed by atoms with Gasteiger partial charge >= 0.3 is 6.18 Å². The summed E-state index contributed by atoms with van der Waals surface area (Å²) in [5.74, 6) is 0.371. The first-order valence-electron chi connectivity index (χ1n) is 10.6. The van der Waals surface area contributed by atoms with Gasteiger partial charge < -0.3 is 0 Å². The van der Waals surface area contributed by atoms with Crippen molar-refractivity contribution in [2.45, 2.75) is 70.4 Å². The predicted octanol–water partition coefficient (Wildman–Crippen LogP) is 8.20. The van der Waals surface area contributed by atoms with Crippen LogP contribution in [0.4, 0.5) is 22.0 Å². The normalized spacial score (nSPS) is 29.0. The zero-order valence-electron chi connectivity index (χ0n) is 16.8. The van der Waals surface area contributed by atoms with Crippen LogP contribution >= 0.6 is 0 Å². The summed E-state index contributed by atoms with van der Waals surface area (Å²) in [4.78, 5) is 0. The van der Waals surface area contributed by atoms with Gasteiger partial charge in [0.25, 0.3) is 0 Å². The van der Waals surface area contributed by atoms with Crippen molar-refractivity contribution in [1.82, 2.24) is 0 Å². The molecular weight excluding hydrogens is 383 g/mol. The smallest absolute Gasteiger partial charge is 0.206 e. The first kappa shape index (κ1) is 22.0. The molecule has 0 bridgehead atoms. The molecule has 0 spiro atoms. The van der Waals surface area contributed by atoms with Crippen LogP contribution in [0.1, 0.15) is 75.3 Å². The molecule has 1 aromatic rings. The lowest BCUT2D eigenvalue weighted by Gasteiger charge is -2.37. The summed E-state index contributed by atoms with van der Waals surface area (Å²) >= 11 is 0. The number of halogens is 5. The highest BCUT2D eigenvalue weighted by Gasteiger charge is 2.31. The van der Waals surface area contributed by atoms with Crippen LogP contribution in [0.5, 0.6) is 0 Å². The molecule has 2 saturated carbocycles. The van der Waals surface area contributed by atoms with Crippen LogP contribution in [0.3, 0.4) is 0 Å². The standard InChI is InChI=1S/C24H29F5/c1-2-3-16-4-6-17(7-5-16)18-8-10-19(11-9-18)20-14-22(25)21(23(26)15-20)12-13-24(27,28)29/h2-3,12-19H,4-11H2,1H3/b3-2+,13-12+. The van der Waals surface area contributed by atoms with Crippen molar-refractivity contribution >= 4 is 6.08 Å². The third-order valence-electron chi connectivity index (χ3n) is 6.73. The van der Waals surface area contributed by atoms with E-state index in [0.717, 1.165) is 31.6 Å². The Morgan fingerprint density at radius 2 is 1.34 bits per heavy atom. The van der Waals surface area contributed by atoms with Gasteiger partial charge in [-0.15, -0.1) is 0 Å². The fraction of sp³-hybridized carbons (Fsp3) is 0.583. The minimum absolute atomic E-state index is 0.0789. The van der Waals surface area contributed by atoms with Gasteiger partial charge in [0.15, 0.2) is 0 Å². The topological polar surface area (TPSA) is 0 Å². The fourth-order valence-corrected chi connectivity index (χ4v) is 5.18. The lowest BCUT2D eigenvalue weighted by molar-refractivity contribution is -0.0790. The molecule has 2 aliphatic carbocycles. The Morgan fingerprint density at radius 3 is 1.83 bits per heavy atom. The maximum atomic E-state index is 14.2. The summed E-state index contributed by atoms with van der Waals surface area (Å²) in [6, 6.07) is 2.43. The molecule has 29 heavy (non-hydrogen) atoms. The summed E-state index contributed by atoms with van der Waals surface area (Å²) in [6.45, 7) is 2.07. The van der Waals surface area contributed by atoms with Crippen LogP contribution in [0.25, 0.3) is 6.08 Å². The molecule has 1 aromatic carbocycles. The van der Waals surface area contributed by atoms with Crippen LogP contribution in [0.15, 0.2) is 30.4 Å². The average molecular weight is 412 g/mol. The molecule has 0 heterocycles. The van der Waals surface area contributed by atoms with Crippen LogP contribution in [0.2, 0.25) is 0 Å². The van der Waals surface area contributed by atoms with Crippen molar-refractivity contribution in [2.75, 3.05) is 0 Å². The third kappa shape index (κ3) is 5.93. The van der Waals surface area contributed by atoms with E-state index in [9.17, 15) is 22.0 Å². The van der Waals surface area contributed by atoms with Gasteiger partial charge in [0.05, 0.1) is 0 Å². The second-order valence-corrected chi connectivity index (χ2v) is 8.59. The van der Waals surface area contributed by atoms with Crippen molar-refractivity contribution in [3.05, 3.63) is 53.1 Å². The molecular formula is C24H29F5. The van der Waals surface area contributed by atoms with Crippen molar-refractivity contribution in [1.29, 1.82) is 0 Å². The molecule has 160 valence electrons. The van der Waals surface area contributed by atoms with Gasteiger partial charge in [0.2, 0.25) is 0 Å².